The van der Waals surface area contributed by atoms with Crippen LogP contribution < -0.4 is 10.6 Å². The molecule has 2 aromatic rings. The standard InChI is InChI=1S/C33H41N3O7/c1-3-12-26(20-30(38)36-19-11-18-27(36)22-37)31(39)34-21-29(25-16-9-6-10-17-25)43-32(40)28(13-4-2)35-33(41)42-23-24-14-7-5-8-15-24/h3-10,14-17,26-29,37H,1-2,11-13,18-23H2,(H,34,39)(H,35,41). The fraction of sp³-hybridized carbons (Fsp3) is 0.394. The van der Waals surface area contributed by atoms with Crippen LogP contribution >= 0.6 is 0 Å². The van der Waals surface area contributed by atoms with Crippen molar-refractivity contribution in [3.63, 3.8) is 0 Å². The number of esters is 1. The molecular formula is C33H41N3O7. The molecule has 1 aliphatic heterocycles. The van der Waals surface area contributed by atoms with E-state index in [0.717, 1.165) is 18.4 Å². The molecule has 1 heterocycles. The fourth-order valence-electron chi connectivity index (χ4n) is 4.91. The van der Waals surface area contributed by atoms with E-state index >= 15 is 0 Å². The third-order valence-electron chi connectivity index (χ3n) is 7.23. The highest BCUT2D eigenvalue weighted by Crippen LogP contribution is 2.22. The summed E-state index contributed by atoms with van der Waals surface area (Å²) in [5.41, 5.74) is 1.44. The van der Waals surface area contributed by atoms with Crippen molar-refractivity contribution in [3.05, 3.63) is 97.1 Å². The topological polar surface area (TPSA) is 134 Å². The highest BCUT2D eigenvalue weighted by Gasteiger charge is 2.32. The van der Waals surface area contributed by atoms with Gasteiger partial charge in [0.1, 0.15) is 18.8 Å². The summed E-state index contributed by atoms with van der Waals surface area (Å²) in [7, 11) is 0. The average molecular weight is 592 g/mol. The lowest BCUT2D eigenvalue weighted by Crippen LogP contribution is -2.44. The van der Waals surface area contributed by atoms with Crippen LogP contribution in [0.1, 0.15) is 49.3 Å². The van der Waals surface area contributed by atoms with Gasteiger partial charge in [-0.25, -0.2) is 9.59 Å². The van der Waals surface area contributed by atoms with Crippen molar-refractivity contribution in [1.29, 1.82) is 0 Å². The molecule has 0 saturated carbocycles. The number of rotatable bonds is 16. The number of nitrogens with zero attached hydrogens (tertiary/aromatic N) is 1. The monoisotopic (exact) mass is 591 g/mol. The molecule has 3 rings (SSSR count). The Labute approximate surface area is 252 Å². The Morgan fingerprint density at radius 2 is 1.67 bits per heavy atom. The van der Waals surface area contributed by atoms with E-state index in [1.807, 2.05) is 36.4 Å². The first-order chi connectivity index (χ1) is 20.9. The molecule has 4 atom stereocenters. The van der Waals surface area contributed by atoms with Crippen LogP contribution in [0.5, 0.6) is 0 Å². The third-order valence-corrected chi connectivity index (χ3v) is 7.23. The minimum absolute atomic E-state index is 0.0272. The Morgan fingerprint density at radius 3 is 2.33 bits per heavy atom. The van der Waals surface area contributed by atoms with Crippen LogP contribution in [0.3, 0.4) is 0 Å². The van der Waals surface area contributed by atoms with Gasteiger partial charge in [0, 0.05) is 13.0 Å². The second-order valence-electron chi connectivity index (χ2n) is 10.4. The van der Waals surface area contributed by atoms with Crippen LogP contribution in [0, 0.1) is 5.92 Å². The van der Waals surface area contributed by atoms with Crippen molar-refractivity contribution < 1.29 is 33.8 Å². The van der Waals surface area contributed by atoms with Crippen molar-refractivity contribution in [2.45, 2.75) is 56.9 Å². The van der Waals surface area contributed by atoms with E-state index in [4.69, 9.17) is 9.47 Å². The Kier molecular flexibility index (Phi) is 13.5. The van der Waals surface area contributed by atoms with Gasteiger partial charge < -0.3 is 30.1 Å². The van der Waals surface area contributed by atoms with Crippen molar-refractivity contribution >= 4 is 23.9 Å². The number of carbonyl (C=O) groups is 4. The van der Waals surface area contributed by atoms with Crippen LogP contribution in [0.4, 0.5) is 4.79 Å². The summed E-state index contributed by atoms with van der Waals surface area (Å²) < 4.78 is 11.1. The molecule has 43 heavy (non-hydrogen) atoms. The highest BCUT2D eigenvalue weighted by atomic mass is 16.6. The number of nitrogens with one attached hydrogen (secondary N) is 2. The molecule has 3 N–H and O–H groups in total. The van der Waals surface area contributed by atoms with Gasteiger partial charge >= 0.3 is 12.1 Å². The predicted octanol–water partition coefficient (Wildman–Crippen LogP) is 3.82. The second-order valence-corrected chi connectivity index (χ2v) is 10.4. The minimum atomic E-state index is -1.06. The number of amides is 3. The molecule has 1 saturated heterocycles. The first-order valence-corrected chi connectivity index (χ1v) is 14.5. The van der Waals surface area contributed by atoms with Crippen molar-refractivity contribution in [2.75, 3.05) is 19.7 Å². The van der Waals surface area contributed by atoms with E-state index in [0.29, 0.717) is 12.1 Å². The number of allylic oxidation sites excluding steroid dienone is 1. The van der Waals surface area contributed by atoms with Gasteiger partial charge in [-0.05, 0) is 36.8 Å². The van der Waals surface area contributed by atoms with Crippen LogP contribution in [0.2, 0.25) is 0 Å². The van der Waals surface area contributed by atoms with Gasteiger partial charge in [0.15, 0.2) is 0 Å². The number of alkyl carbamates (subject to hydrolysis) is 1. The Balaban J connectivity index is 1.64. The lowest BCUT2D eigenvalue weighted by Gasteiger charge is -2.26. The lowest BCUT2D eigenvalue weighted by molar-refractivity contribution is -0.152. The quantitative estimate of drug-likeness (QED) is 0.200. The molecule has 0 radical (unpaired) electrons. The zero-order valence-corrected chi connectivity index (χ0v) is 24.4. The molecule has 10 nitrogen and oxygen atoms in total. The second kappa shape index (κ2) is 17.5. The first-order valence-electron chi connectivity index (χ1n) is 14.5. The van der Waals surface area contributed by atoms with Crippen LogP contribution in [0.15, 0.2) is 86.0 Å². The van der Waals surface area contributed by atoms with Crippen LogP contribution in [0.25, 0.3) is 0 Å². The van der Waals surface area contributed by atoms with Gasteiger partial charge in [0.2, 0.25) is 11.8 Å². The van der Waals surface area contributed by atoms with Gasteiger partial charge in [0.05, 0.1) is 25.1 Å². The summed E-state index contributed by atoms with van der Waals surface area (Å²) >= 11 is 0. The minimum Gasteiger partial charge on any atom is -0.454 e. The molecule has 0 aliphatic carbocycles. The van der Waals surface area contributed by atoms with Gasteiger partial charge in [-0.3, -0.25) is 9.59 Å². The number of aliphatic hydroxyl groups is 1. The van der Waals surface area contributed by atoms with Crippen molar-refractivity contribution in [3.8, 4) is 0 Å². The number of aliphatic hydroxyl groups excluding tert-OH is 1. The molecule has 1 fully saturated rings. The number of benzene rings is 2. The van der Waals surface area contributed by atoms with E-state index in [1.165, 1.54) is 6.08 Å². The molecule has 2 aromatic carbocycles. The summed E-state index contributed by atoms with van der Waals surface area (Å²) in [5, 5.41) is 14.9. The fourth-order valence-corrected chi connectivity index (χ4v) is 4.91. The molecule has 3 amide bonds. The summed E-state index contributed by atoms with van der Waals surface area (Å²) in [5.74, 6) is -1.97. The SMILES string of the molecule is C=CCC(CC(=O)N1CCCC1CO)C(=O)NCC(OC(=O)C(CC=C)NC(=O)OCc1ccccc1)c1ccccc1. The van der Waals surface area contributed by atoms with Gasteiger partial charge in [-0.1, -0.05) is 72.8 Å². The summed E-state index contributed by atoms with van der Waals surface area (Å²) in [6.45, 7) is 7.82. The Bertz CT molecular complexity index is 1220. The Morgan fingerprint density at radius 1 is 1.00 bits per heavy atom. The third kappa shape index (κ3) is 10.4. The maximum Gasteiger partial charge on any atom is 0.408 e. The van der Waals surface area contributed by atoms with E-state index in [9.17, 15) is 24.3 Å². The van der Waals surface area contributed by atoms with E-state index in [2.05, 4.69) is 23.8 Å². The van der Waals surface area contributed by atoms with Crippen molar-refractivity contribution in [2.24, 2.45) is 5.92 Å². The van der Waals surface area contributed by atoms with Gasteiger partial charge in [0.25, 0.3) is 0 Å². The highest BCUT2D eigenvalue weighted by molar-refractivity contribution is 5.86. The number of carbonyl (C=O) groups excluding carboxylic acids is 4. The maximum absolute atomic E-state index is 13.2. The largest absolute Gasteiger partial charge is 0.454 e. The number of ether oxygens (including phenoxy) is 2. The van der Waals surface area contributed by atoms with E-state index in [-0.39, 0.29) is 56.9 Å². The molecular weight excluding hydrogens is 550 g/mol. The number of hydrogen-bond donors (Lipinski definition) is 3. The summed E-state index contributed by atoms with van der Waals surface area (Å²) in [4.78, 5) is 53.5. The van der Waals surface area contributed by atoms with Crippen LogP contribution in [-0.4, -0.2) is 65.7 Å². The summed E-state index contributed by atoms with van der Waals surface area (Å²) in [6, 6.07) is 16.8. The van der Waals surface area contributed by atoms with Crippen LogP contribution in [-0.2, 0) is 30.5 Å². The molecule has 0 bridgehead atoms. The average Bonchev–Trinajstić information content (AvgIpc) is 3.51. The predicted molar refractivity (Wildman–Crippen MR) is 161 cm³/mol. The first kappa shape index (κ1) is 33.1. The number of likely N-dealkylation sites (tertiary alicyclic amines) is 1. The molecule has 10 heteroatoms. The van der Waals surface area contributed by atoms with Crippen molar-refractivity contribution in [1.82, 2.24) is 15.5 Å². The lowest BCUT2D eigenvalue weighted by atomic mass is 9.99. The molecule has 1 aliphatic rings. The smallest absolute Gasteiger partial charge is 0.408 e. The zero-order chi connectivity index (χ0) is 31.0. The Hall–Kier alpha value is -4.44. The maximum atomic E-state index is 13.2. The van der Waals surface area contributed by atoms with Gasteiger partial charge in [-0.2, -0.15) is 0 Å². The molecule has 0 aromatic heterocycles. The number of hydrogen-bond acceptors (Lipinski definition) is 7. The normalized spacial score (nSPS) is 16.3. The zero-order valence-electron chi connectivity index (χ0n) is 24.4. The summed E-state index contributed by atoms with van der Waals surface area (Å²) in [6.07, 6.45) is 3.32. The molecule has 230 valence electrons. The molecule has 4 unspecified atom stereocenters. The van der Waals surface area contributed by atoms with Gasteiger partial charge in [-0.15, -0.1) is 13.2 Å². The van der Waals surface area contributed by atoms with E-state index in [1.54, 1.807) is 35.2 Å². The van der Waals surface area contributed by atoms with E-state index < -0.39 is 30.1 Å². The molecule has 0 spiro atoms.